The molecule has 36 heavy (non-hydrogen) atoms. The maximum Gasteiger partial charge on any atom is 0.426 e. The van der Waals surface area contributed by atoms with Gasteiger partial charge in [0.2, 0.25) is 0 Å². The highest BCUT2D eigenvalue weighted by Crippen LogP contribution is 2.32. The summed E-state index contributed by atoms with van der Waals surface area (Å²) in [6, 6.07) is 16.5. The number of hydrogen-bond acceptors (Lipinski definition) is 5. The topological polar surface area (TPSA) is 87.6 Å². The van der Waals surface area contributed by atoms with E-state index in [0.29, 0.717) is 29.8 Å². The number of carbonyl (C=O) groups is 1. The molecular formula is C28H28F3N2O3. The molecule has 1 unspecified atom stereocenters. The minimum absolute atomic E-state index is 0.0238. The second-order valence-electron chi connectivity index (χ2n) is 8.23. The van der Waals surface area contributed by atoms with Crippen molar-refractivity contribution in [3.05, 3.63) is 102 Å². The number of alkyl halides is 3. The summed E-state index contributed by atoms with van der Waals surface area (Å²) in [6.07, 6.45) is 0.0150. The number of anilines is 2. The molecule has 3 aromatic carbocycles. The van der Waals surface area contributed by atoms with Crippen molar-refractivity contribution in [2.24, 2.45) is 0 Å². The molecule has 0 fully saturated rings. The number of esters is 1. The number of ether oxygens (including phenoxy) is 2. The number of hydrogen-bond donors (Lipinski definition) is 2. The predicted octanol–water partition coefficient (Wildman–Crippen LogP) is 6.06. The fourth-order valence-corrected chi connectivity index (χ4v) is 3.44. The van der Waals surface area contributed by atoms with Gasteiger partial charge in [-0.3, -0.25) is 4.39 Å². The van der Waals surface area contributed by atoms with Crippen LogP contribution in [0, 0.1) is 6.92 Å². The fraction of sp³-hybridized carbons (Fsp3) is 0.214. The molecule has 0 saturated carbocycles. The number of halogens is 3. The number of benzene rings is 3. The van der Waals surface area contributed by atoms with Crippen molar-refractivity contribution in [1.82, 2.24) is 0 Å². The Balaban J connectivity index is 1.52. The van der Waals surface area contributed by atoms with Gasteiger partial charge in [0, 0.05) is 23.4 Å². The van der Waals surface area contributed by atoms with E-state index >= 15 is 0 Å². The second kappa shape index (κ2) is 12.2. The van der Waals surface area contributed by atoms with Gasteiger partial charge in [0.05, 0.1) is 18.8 Å². The zero-order chi connectivity index (χ0) is 26.1. The third-order valence-corrected chi connectivity index (χ3v) is 5.40. The molecule has 1 atom stereocenters. The van der Waals surface area contributed by atoms with Crippen molar-refractivity contribution in [2.45, 2.75) is 24.9 Å². The van der Waals surface area contributed by atoms with Crippen molar-refractivity contribution < 1.29 is 27.4 Å². The molecule has 0 spiro atoms. The van der Waals surface area contributed by atoms with Gasteiger partial charge >= 0.3 is 12.1 Å². The highest BCUT2D eigenvalue weighted by atomic mass is 19.3. The van der Waals surface area contributed by atoms with Gasteiger partial charge in [-0.15, -0.1) is 0 Å². The van der Waals surface area contributed by atoms with Gasteiger partial charge in [-0.05, 0) is 78.9 Å². The van der Waals surface area contributed by atoms with Gasteiger partial charge < -0.3 is 20.9 Å². The van der Waals surface area contributed by atoms with E-state index in [0.717, 1.165) is 11.1 Å². The van der Waals surface area contributed by atoms with E-state index in [2.05, 4.69) is 6.92 Å². The normalized spacial score (nSPS) is 12.4. The molecule has 0 aliphatic heterocycles. The van der Waals surface area contributed by atoms with Crippen LogP contribution < -0.4 is 16.2 Å². The lowest BCUT2D eigenvalue weighted by molar-refractivity contribution is -0.185. The molecule has 4 N–H and O–H groups in total. The van der Waals surface area contributed by atoms with E-state index in [1.54, 1.807) is 18.2 Å². The quantitative estimate of drug-likeness (QED) is 0.191. The number of nitrogen functional groups attached to an aromatic ring is 2. The molecule has 0 heterocycles. The van der Waals surface area contributed by atoms with Crippen molar-refractivity contribution in [2.75, 3.05) is 24.7 Å². The van der Waals surface area contributed by atoms with E-state index in [1.807, 2.05) is 0 Å². The van der Waals surface area contributed by atoms with Crippen LogP contribution in [-0.4, -0.2) is 19.3 Å². The van der Waals surface area contributed by atoms with Crippen LogP contribution in [0.2, 0.25) is 0 Å². The maximum atomic E-state index is 14.5. The summed E-state index contributed by atoms with van der Waals surface area (Å²) in [5.74, 6) is -0.992. The average molecular weight is 498 g/mol. The average Bonchev–Trinajstić information content (AvgIpc) is 2.85. The molecule has 3 rings (SSSR count). The van der Waals surface area contributed by atoms with Crippen molar-refractivity contribution in [3.63, 3.8) is 0 Å². The third-order valence-electron chi connectivity index (χ3n) is 5.40. The minimum atomic E-state index is -3.54. The molecule has 0 aliphatic rings. The lowest BCUT2D eigenvalue weighted by atomic mass is 10.00. The first-order valence-electron chi connectivity index (χ1n) is 11.3. The molecular weight excluding hydrogens is 469 g/mol. The molecule has 0 aromatic heterocycles. The summed E-state index contributed by atoms with van der Waals surface area (Å²) < 4.78 is 51.4. The molecule has 8 heteroatoms. The van der Waals surface area contributed by atoms with E-state index in [-0.39, 0.29) is 23.8 Å². The number of aryl methyl sites for hydroxylation is 1. The Morgan fingerprint density at radius 2 is 1.72 bits per heavy atom. The summed E-state index contributed by atoms with van der Waals surface area (Å²) in [4.78, 5) is 12.1. The monoisotopic (exact) mass is 497 g/mol. The van der Waals surface area contributed by atoms with Gasteiger partial charge in [-0.25, -0.2) is 4.79 Å². The molecule has 0 aliphatic carbocycles. The van der Waals surface area contributed by atoms with Crippen LogP contribution in [-0.2, 0) is 22.1 Å². The van der Waals surface area contributed by atoms with Crippen molar-refractivity contribution in [1.29, 1.82) is 0 Å². The SMILES string of the molecule is [CH2]C(COC(=O)/C=C/c1ccc(OC(F)(F)c2ccc(CCCF)cc2)cc1)c1ccc(N)cc1N. The smallest absolute Gasteiger partial charge is 0.426 e. The van der Waals surface area contributed by atoms with Gasteiger partial charge in [0.25, 0.3) is 0 Å². The highest BCUT2D eigenvalue weighted by Gasteiger charge is 2.34. The Kier molecular flexibility index (Phi) is 9.00. The van der Waals surface area contributed by atoms with E-state index < -0.39 is 18.8 Å². The third kappa shape index (κ3) is 7.53. The summed E-state index contributed by atoms with van der Waals surface area (Å²) in [5.41, 5.74) is 14.4. The minimum Gasteiger partial charge on any atom is -0.462 e. The number of nitrogens with two attached hydrogens (primary N) is 2. The van der Waals surface area contributed by atoms with Crippen LogP contribution in [0.25, 0.3) is 6.08 Å². The molecule has 0 saturated heterocycles. The first-order valence-corrected chi connectivity index (χ1v) is 11.3. The second-order valence-corrected chi connectivity index (χ2v) is 8.23. The Labute approximate surface area is 208 Å². The van der Waals surface area contributed by atoms with Crippen LogP contribution in [0.4, 0.5) is 24.5 Å². The standard InChI is InChI=1S/C28H28F3N2O3/c1-19(25-14-11-23(32)17-26(25)33)18-35-27(34)15-8-21-6-12-24(13-7-21)36-28(30,31)22-9-4-20(5-10-22)3-2-16-29/h4-15,17,19H,1-3,16,18,32-33H2/b15-8+. The van der Waals surface area contributed by atoms with Crippen LogP contribution in [0.1, 0.15) is 34.6 Å². The van der Waals surface area contributed by atoms with E-state index in [4.69, 9.17) is 20.9 Å². The molecule has 0 amide bonds. The molecule has 1 radical (unpaired) electrons. The van der Waals surface area contributed by atoms with Crippen LogP contribution in [0.3, 0.4) is 0 Å². The highest BCUT2D eigenvalue weighted by molar-refractivity contribution is 5.87. The summed E-state index contributed by atoms with van der Waals surface area (Å²) in [5, 5.41) is 0. The Morgan fingerprint density at radius 1 is 1.03 bits per heavy atom. The largest absolute Gasteiger partial charge is 0.462 e. The number of carbonyl (C=O) groups excluding carboxylic acids is 1. The summed E-state index contributed by atoms with van der Waals surface area (Å²) >= 11 is 0. The van der Waals surface area contributed by atoms with Gasteiger partial charge in [0.1, 0.15) is 5.75 Å². The zero-order valence-electron chi connectivity index (χ0n) is 19.6. The fourth-order valence-electron chi connectivity index (χ4n) is 3.44. The van der Waals surface area contributed by atoms with Crippen LogP contribution in [0.15, 0.2) is 72.8 Å². The van der Waals surface area contributed by atoms with Gasteiger partial charge in [-0.2, -0.15) is 8.78 Å². The maximum absolute atomic E-state index is 14.5. The number of rotatable bonds is 11. The first kappa shape index (κ1) is 26.7. The Bertz CT molecular complexity index is 1180. The molecule has 0 bridgehead atoms. The Morgan fingerprint density at radius 3 is 2.36 bits per heavy atom. The van der Waals surface area contributed by atoms with Crippen LogP contribution in [0.5, 0.6) is 5.75 Å². The van der Waals surface area contributed by atoms with Crippen molar-refractivity contribution in [3.8, 4) is 5.75 Å². The van der Waals surface area contributed by atoms with Crippen molar-refractivity contribution >= 4 is 23.4 Å². The van der Waals surface area contributed by atoms with Gasteiger partial charge in [0.15, 0.2) is 0 Å². The van der Waals surface area contributed by atoms with Gasteiger partial charge in [-0.1, -0.05) is 30.3 Å². The van der Waals surface area contributed by atoms with Crippen LogP contribution >= 0.6 is 0 Å². The first-order chi connectivity index (χ1) is 17.2. The molecule has 5 nitrogen and oxygen atoms in total. The molecule has 3 aromatic rings. The zero-order valence-corrected chi connectivity index (χ0v) is 19.6. The lowest BCUT2D eigenvalue weighted by Crippen LogP contribution is -2.21. The lowest BCUT2D eigenvalue weighted by Gasteiger charge is -2.18. The summed E-state index contributed by atoms with van der Waals surface area (Å²) in [6.45, 7) is 3.52. The predicted molar refractivity (Wildman–Crippen MR) is 135 cm³/mol. The summed E-state index contributed by atoms with van der Waals surface area (Å²) in [7, 11) is 0. The molecule has 189 valence electrons. The van der Waals surface area contributed by atoms with E-state index in [1.165, 1.54) is 60.7 Å². The van der Waals surface area contributed by atoms with E-state index in [9.17, 15) is 18.0 Å². The Hall–Kier alpha value is -3.94.